The summed E-state index contributed by atoms with van der Waals surface area (Å²) in [6.07, 6.45) is 1.48. The number of rotatable bonds is 3. The number of ketones is 1. The smallest absolute Gasteiger partial charge is 0.260 e. The van der Waals surface area contributed by atoms with E-state index in [4.69, 9.17) is 18.9 Å². The molecule has 3 aliphatic rings. The predicted octanol–water partition coefficient (Wildman–Crippen LogP) is 1.88. The number of carbonyl (C=O) groups excluding carboxylic acids is 2. The molecule has 0 atom stereocenters. The number of likely N-dealkylation sites (tertiary alicyclic amines) is 1. The minimum absolute atomic E-state index is 0.151. The average molecular weight is 391 g/mol. The zero-order chi connectivity index (χ0) is 19.9. The van der Waals surface area contributed by atoms with Crippen molar-refractivity contribution in [2.24, 2.45) is 0 Å². The Balaban J connectivity index is 1.38. The summed E-state index contributed by atoms with van der Waals surface area (Å²) in [5.74, 6) is -0.494. The van der Waals surface area contributed by atoms with Crippen LogP contribution in [0.25, 0.3) is 0 Å². The SMILES string of the molecule is CC1(C)CC(=O)c2c(O)cc(OCC(=O)N3CCC4(CC3)OCCO4)cc2O1. The first kappa shape index (κ1) is 19.0. The third-order valence-electron chi connectivity index (χ3n) is 5.36. The number of amides is 1. The predicted molar refractivity (Wildman–Crippen MR) is 97.7 cm³/mol. The van der Waals surface area contributed by atoms with Crippen molar-refractivity contribution in [2.45, 2.75) is 44.5 Å². The number of hydrogen-bond acceptors (Lipinski definition) is 7. The van der Waals surface area contributed by atoms with E-state index in [9.17, 15) is 14.7 Å². The van der Waals surface area contributed by atoms with Crippen molar-refractivity contribution < 1.29 is 33.6 Å². The van der Waals surface area contributed by atoms with E-state index in [0.717, 1.165) is 0 Å². The van der Waals surface area contributed by atoms with Crippen molar-refractivity contribution in [3.05, 3.63) is 17.7 Å². The summed E-state index contributed by atoms with van der Waals surface area (Å²) in [7, 11) is 0. The van der Waals surface area contributed by atoms with E-state index in [1.807, 2.05) is 13.8 Å². The second-order valence-corrected chi connectivity index (χ2v) is 8.05. The van der Waals surface area contributed by atoms with Gasteiger partial charge in [0.1, 0.15) is 28.4 Å². The zero-order valence-corrected chi connectivity index (χ0v) is 16.2. The molecule has 0 unspecified atom stereocenters. The zero-order valence-electron chi connectivity index (χ0n) is 16.2. The van der Waals surface area contributed by atoms with Crippen LogP contribution in [0, 0.1) is 0 Å². The molecule has 28 heavy (non-hydrogen) atoms. The fourth-order valence-corrected chi connectivity index (χ4v) is 3.95. The number of hydrogen-bond donors (Lipinski definition) is 1. The van der Waals surface area contributed by atoms with E-state index in [1.165, 1.54) is 6.07 Å². The number of aromatic hydroxyl groups is 1. The maximum atomic E-state index is 12.5. The average Bonchev–Trinajstić information content (AvgIpc) is 3.06. The van der Waals surface area contributed by atoms with Crippen molar-refractivity contribution in [1.82, 2.24) is 4.90 Å². The molecule has 8 nitrogen and oxygen atoms in total. The van der Waals surface area contributed by atoms with Gasteiger partial charge in [-0.3, -0.25) is 9.59 Å². The molecular formula is C20H25NO7. The van der Waals surface area contributed by atoms with Gasteiger partial charge in [-0.05, 0) is 13.8 Å². The summed E-state index contributed by atoms with van der Waals surface area (Å²) in [5, 5.41) is 10.2. The molecule has 1 amide bonds. The Morgan fingerprint density at radius 1 is 1.21 bits per heavy atom. The van der Waals surface area contributed by atoms with Gasteiger partial charge >= 0.3 is 0 Å². The van der Waals surface area contributed by atoms with E-state index in [2.05, 4.69) is 0 Å². The number of benzene rings is 1. The molecule has 152 valence electrons. The van der Waals surface area contributed by atoms with Crippen LogP contribution in [0.15, 0.2) is 12.1 Å². The third kappa shape index (κ3) is 3.66. The molecule has 1 spiro atoms. The van der Waals surface area contributed by atoms with Gasteiger partial charge in [0, 0.05) is 38.1 Å². The first-order valence-corrected chi connectivity index (χ1v) is 9.55. The number of piperidine rings is 1. The van der Waals surface area contributed by atoms with Crippen LogP contribution in [0.3, 0.4) is 0 Å². The largest absolute Gasteiger partial charge is 0.507 e. The lowest BCUT2D eigenvalue weighted by molar-refractivity contribution is -0.187. The van der Waals surface area contributed by atoms with Gasteiger partial charge < -0.3 is 29.0 Å². The Labute approximate surface area is 163 Å². The summed E-state index contributed by atoms with van der Waals surface area (Å²) >= 11 is 0. The van der Waals surface area contributed by atoms with Gasteiger partial charge in [-0.1, -0.05) is 0 Å². The highest BCUT2D eigenvalue weighted by Crippen LogP contribution is 2.41. The van der Waals surface area contributed by atoms with Crippen LogP contribution in [-0.4, -0.2) is 66.0 Å². The number of phenols is 1. The standard InChI is InChI=1S/C20H25NO7/c1-19(2)11-15(23)18-14(22)9-13(10-16(18)28-19)25-12-17(24)21-5-3-20(4-6-21)26-7-8-27-20/h9-10,22H,3-8,11-12H2,1-2H3. The van der Waals surface area contributed by atoms with Crippen molar-refractivity contribution in [3.63, 3.8) is 0 Å². The number of Topliss-reactive ketones (excluding diaryl/α,β-unsaturated/α-hetero) is 1. The summed E-state index contributed by atoms with van der Waals surface area (Å²) in [4.78, 5) is 26.4. The molecule has 0 aromatic heterocycles. The third-order valence-corrected chi connectivity index (χ3v) is 5.36. The van der Waals surface area contributed by atoms with Crippen LogP contribution in [0.5, 0.6) is 17.2 Å². The Morgan fingerprint density at radius 3 is 2.57 bits per heavy atom. The van der Waals surface area contributed by atoms with Crippen molar-refractivity contribution in [3.8, 4) is 17.2 Å². The van der Waals surface area contributed by atoms with Crippen LogP contribution in [0.1, 0.15) is 43.5 Å². The Bertz CT molecular complexity index is 788. The van der Waals surface area contributed by atoms with Crippen LogP contribution in [0.2, 0.25) is 0 Å². The molecule has 0 radical (unpaired) electrons. The lowest BCUT2D eigenvalue weighted by Gasteiger charge is -2.37. The number of fused-ring (bicyclic) bond motifs is 1. The maximum Gasteiger partial charge on any atom is 0.260 e. The first-order chi connectivity index (χ1) is 13.3. The van der Waals surface area contributed by atoms with Crippen LogP contribution >= 0.6 is 0 Å². The monoisotopic (exact) mass is 391 g/mol. The highest BCUT2D eigenvalue weighted by Gasteiger charge is 2.41. The maximum absolute atomic E-state index is 12.5. The quantitative estimate of drug-likeness (QED) is 0.841. The van der Waals surface area contributed by atoms with Crippen LogP contribution in [0.4, 0.5) is 0 Å². The van der Waals surface area contributed by atoms with Gasteiger partial charge in [-0.2, -0.15) is 0 Å². The van der Waals surface area contributed by atoms with E-state index < -0.39 is 11.4 Å². The Kier molecular flexibility index (Phi) is 4.71. The molecule has 0 aliphatic carbocycles. The van der Waals surface area contributed by atoms with E-state index >= 15 is 0 Å². The second kappa shape index (κ2) is 6.93. The fourth-order valence-electron chi connectivity index (χ4n) is 3.95. The number of phenolic OH excluding ortho intramolecular Hbond substituents is 1. The molecule has 2 fully saturated rings. The van der Waals surface area contributed by atoms with Gasteiger partial charge in [0.2, 0.25) is 0 Å². The van der Waals surface area contributed by atoms with Gasteiger partial charge in [-0.25, -0.2) is 0 Å². The van der Waals surface area contributed by atoms with Gasteiger partial charge in [0.15, 0.2) is 18.2 Å². The molecule has 1 N–H and O–H groups in total. The molecule has 1 aromatic carbocycles. The van der Waals surface area contributed by atoms with Crippen molar-refractivity contribution >= 4 is 11.7 Å². The summed E-state index contributed by atoms with van der Waals surface area (Å²) in [6.45, 7) is 5.74. The molecule has 0 bridgehead atoms. The van der Waals surface area contributed by atoms with E-state index in [1.54, 1.807) is 11.0 Å². The van der Waals surface area contributed by atoms with Crippen molar-refractivity contribution in [1.29, 1.82) is 0 Å². The van der Waals surface area contributed by atoms with Gasteiger partial charge in [-0.15, -0.1) is 0 Å². The number of ether oxygens (including phenoxy) is 4. The van der Waals surface area contributed by atoms with Gasteiger partial charge in [0.25, 0.3) is 5.91 Å². The molecule has 8 heteroatoms. The summed E-state index contributed by atoms with van der Waals surface area (Å²) < 4.78 is 22.7. The van der Waals surface area contributed by atoms with Gasteiger partial charge in [0.05, 0.1) is 19.6 Å². The fraction of sp³-hybridized carbons (Fsp3) is 0.600. The lowest BCUT2D eigenvalue weighted by Crippen LogP contribution is -2.48. The minimum Gasteiger partial charge on any atom is -0.507 e. The highest BCUT2D eigenvalue weighted by atomic mass is 16.7. The van der Waals surface area contributed by atoms with E-state index in [-0.39, 0.29) is 47.5 Å². The molecule has 1 aromatic rings. The summed E-state index contributed by atoms with van der Waals surface area (Å²) in [5.41, 5.74) is -0.491. The lowest BCUT2D eigenvalue weighted by atomic mass is 9.92. The first-order valence-electron chi connectivity index (χ1n) is 9.55. The number of nitrogens with zero attached hydrogens (tertiary/aromatic N) is 1. The van der Waals surface area contributed by atoms with Crippen LogP contribution < -0.4 is 9.47 Å². The van der Waals surface area contributed by atoms with E-state index in [0.29, 0.717) is 39.1 Å². The topological polar surface area (TPSA) is 94.5 Å². The molecule has 3 aliphatic heterocycles. The Hall–Kier alpha value is -2.32. The molecule has 4 rings (SSSR count). The molecule has 0 saturated carbocycles. The molecule has 3 heterocycles. The number of carbonyl (C=O) groups is 2. The Morgan fingerprint density at radius 2 is 1.89 bits per heavy atom. The molecule has 2 saturated heterocycles. The minimum atomic E-state index is -0.654. The normalized spacial score (nSPS) is 22.6. The van der Waals surface area contributed by atoms with Crippen molar-refractivity contribution in [2.75, 3.05) is 32.9 Å². The molecular weight excluding hydrogens is 366 g/mol. The van der Waals surface area contributed by atoms with Crippen LogP contribution in [-0.2, 0) is 14.3 Å². The highest BCUT2D eigenvalue weighted by molar-refractivity contribution is 6.03. The second-order valence-electron chi connectivity index (χ2n) is 8.05. The summed E-state index contributed by atoms with van der Waals surface area (Å²) in [6, 6.07) is 2.89.